The summed E-state index contributed by atoms with van der Waals surface area (Å²) < 4.78 is 26.7. The second-order valence-corrected chi connectivity index (χ2v) is 5.28. The zero-order valence-electron chi connectivity index (χ0n) is 9.45. The van der Waals surface area contributed by atoms with Crippen LogP contribution in [0, 0.1) is 0 Å². The minimum atomic E-state index is -3.28. The van der Waals surface area contributed by atoms with Crippen molar-refractivity contribution in [1.29, 1.82) is 0 Å². The molecule has 0 aliphatic carbocycles. The average molecular weight is 222 g/mol. The summed E-state index contributed by atoms with van der Waals surface area (Å²) in [4.78, 5) is 0. The van der Waals surface area contributed by atoms with Gasteiger partial charge in [0.25, 0.3) is 10.1 Å². The van der Waals surface area contributed by atoms with Gasteiger partial charge in [0, 0.05) is 0 Å². The van der Waals surface area contributed by atoms with Crippen LogP contribution in [0.5, 0.6) is 0 Å². The molecule has 0 spiro atoms. The lowest BCUT2D eigenvalue weighted by atomic mass is 10.1. The molecule has 1 unspecified atom stereocenters. The summed E-state index contributed by atoms with van der Waals surface area (Å²) in [6, 6.07) is 0. The molecule has 0 aliphatic heterocycles. The van der Waals surface area contributed by atoms with Crippen LogP contribution in [0.25, 0.3) is 0 Å². The molecule has 0 saturated carbocycles. The fourth-order valence-corrected chi connectivity index (χ4v) is 2.09. The van der Waals surface area contributed by atoms with Crippen LogP contribution >= 0.6 is 0 Å². The van der Waals surface area contributed by atoms with Gasteiger partial charge in [-0.1, -0.05) is 39.5 Å². The van der Waals surface area contributed by atoms with E-state index < -0.39 is 10.1 Å². The zero-order valence-corrected chi connectivity index (χ0v) is 10.3. The van der Waals surface area contributed by atoms with Crippen LogP contribution < -0.4 is 0 Å². The normalized spacial score (nSPS) is 14.2. The van der Waals surface area contributed by atoms with E-state index in [1.807, 2.05) is 6.92 Å². The second kappa shape index (κ2) is 7.23. The Labute approximate surface area is 88.0 Å². The topological polar surface area (TPSA) is 43.4 Å². The molecule has 0 bridgehead atoms. The van der Waals surface area contributed by atoms with E-state index in [0.29, 0.717) is 0 Å². The maximum atomic E-state index is 10.9. The van der Waals surface area contributed by atoms with E-state index in [1.54, 1.807) is 0 Å². The molecule has 0 rings (SSSR count). The maximum absolute atomic E-state index is 10.9. The molecule has 0 heterocycles. The van der Waals surface area contributed by atoms with Gasteiger partial charge in [0.2, 0.25) is 0 Å². The Morgan fingerprint density at radius 3 is 2.21 bits per heavy atom. The van der Waals surface area contributed by atoms with Crippen LogP contribution in [0.1, 0.15) is 52.4 Å². The van der Waals surface area contributed by atoms with Gasteiger partial charge in [-0.2, -0.15) is 8.42 Å². The highest BCUT2D eigenvalue weighted by Crippen LogP contribution is 2.12. The summed E-state index contributed by atoms with van der Waals surface area (Å²) in [5.74, 6) is 0. The van der Waals surface area contributed by atoms with E-state index in [0.717, 1.165) is 25.5 Å². The van der Waals surface area contributed by atoms with Crippen molar-refractivity contribution >= 4 is 10.1 Å². The first-order valence-corrected chi connectivity index (χ1v) is 7.19. The van der Waals surface area contributed by atoms with Gasteiger partial charge >= 0.3 is 0 Å². The molecule has 0 fully saturated rings. The molecule has 0 aromatic carbocycles. The van der Waals surface area contributed by atoms with E-state index in [9.17, 15) is 8.42 Å². The van der Waals surface area contributed by atoms with Crippen molar-refractivity contribution in [2.75, 3.05) is 6.26 Å². The minimum Gasteiger partial charge on any atom is -0.267 e. The molecule has 86 valence electrons. The SMILES string of the molecule is CCCCCCC(CC)OS(C)(=O)=O. The first-order valence-electron chi connectivity index (χ1n) is 5.37. The van der Waals surface area contributed by atoms with Crippen molar-refractivity contribution < 1.29 is 12.6 Å². The Morgan fingerprint density at radius 2 is 1.79 bits per heavy atom. The molecule has 0 aromatic rings. The van der Waals surface area contributed by atoms with Crippen LogP contribution in [0.4, 0.5) is 0 Å². The molecule has 0 amide bonds. The largest absolute Gasteiger partial charge is 0.267 e. The number of unbranched alkanes of at least 4 members (excludes halogenated alkanes) is 3. The summed E-state index contributed by atoms with van der Waals surface area (Å²) in [5, 5.41) is 0. The van der Waals surface area contributed by atoms with E-state index in [4.69, 9.17) is 4.18 Å². The Balaban J connectivity index is 3.69. The van der Waals surface area contributed by atoms with Crippen molar-refractivity contribution in [3.8, 4) is 0 Å². The van der Waals surface area contributed by atoms with Gasteiger partial charge < -0.3 is 0 Å². The molecule has 1 atom stereocenters. The Kier molecular flexibility index (Phi) is 7.19. The molecule has 0 N–H and O–H groups in total. The number of rotatable bonds is 8. The van der Waals surface area contributed by atoms with Gasteiger partial charge in [-0.25, -0.2) is 0 Å². The summed E-state index contributed by atoms with van der Waals surface area (Å²) in [7, 11) is -3.28. The average Bonchev–Trinajstić information content (AvgIpc) is 2.08. The minimum absolute atomic E-state index is 0.123. The lowest BCUT2D eigenvalue weighted by molar-refractivity contribution is 0.192. The third-order valence-corrected chi connectivity index (χ3v) is 2.77. The molecule has 0 aromatic heterocycles. The lowest BCUT2D eigenvalue weighted by Gasteiger charge is -2.13. The van der Waals surface area contributed by atoms with E-state index in [-0.39, 0.29) is 6.10 Å². The molecule has 0 aliphatic rings. The van der Waals surface area contributed by atoms with Gasteiger partial charge in [0.15, 0.2) is 0 Å². The first kappa shape index (κ1) is 13.9. The predicted octanol–water partition coefficient (Wildman–Crippen LogP) is 2.71. The summed E-state index contributed by atoms with van der Waals surface area (Å²) >= 11 is 0. The summed E-state index contributed by atoms with van der Waals surface area (Å²) in [5.41, 5.74) is 0. The Bertz CT molecular complexity index is 222. The first-order chi connectivity index (χ1) is 6.49. The third-order valence-electron chi connectivity index (χ3n) is 2.15. The highest BCUT2D eigenvalue weighted by Gasteiger charge is 2.12. The van der Waals surface area contributed by atoms with Crippen LogP contribution in [0.2, 0.25) is 0 Å². The standard InChI is InChI=1S/C10H22O3S/c1-4-6-7-8-9-10(5-2)13-14(3,11)12/h10H,4-9H2,1-3H3. The van der Waals surface area contributed by atoms with Crippen LogP contribution in [0.15, 0.2) is 0 Å². The van der Waals surface area contributed by atoms with Gasteiger partial charge in [-0.15, -0.1) is 0 Å². The second-order valence-electron chi connectivity index (χ2n) is 3.68. The fraction of sp³-hybridized carbons (Fsp3) is 1.00. The van der Waals surface area contributed by atoms with Crippen molar-refractivity contribution in [3.05, 3.63) is 0 Å². The Hall–Kier alpha value is -0.0900. The lowest BCUT2D eigenvalue weighted by Crippen LogP contribution is -2.16. The number of hydrogen-bond acceptors (Lipinski definition) is 3. The van der Waals surface area contributed by atoms with Crippen LogP contribution in [-0.2, 0) is 14.3 Å². The monoisotopic (exact) mass is 222 g/mol. The van der Waals surface area contributed by atoms with Crippen LogP contribution in [0.3, 0.4) is 0 Å². The quantitative estimate of drug-likeness (QED) is 0.468. The smallest absolute Gasteiger partial charge is 0.264 e. The summed E-state index contributed by atoms with van der Waals surface area (Å²) in [6.45, 7) is 4.11. The predicted molar refractivity (Wildman–Crippen MR) is 58.8 cm³/mol. The summed E-state index contributed by atoms with van der Waals surface area (Å²) in [6.07, 6.45) is 7.24. The fourth-order valence-electron chi connectivity index (χ4n) is 1.37. The molecule has 14 heavy (non-hydrogen) atoms. The zero-order chi connectivity index (χ0) is 11.0. The van der Waals surface area contributed by atoms with Gasteiger partial charge in [0.1, 0.15) is 0 Å². The van der Waals surface area contributed by atoms with E-state index >= 15 is 0 Å². The van der Waals surface area contributed by atoms with Crippen molar-refractivity contribution in [1.82, 2.24) is 0 Å². The molecule has 0 saturated heterocycles. The van der Waals surface area contributed by atoms with Gasteiger partial charge in [-0.05, 0) is 12.8 Å². The van der Waals surface area contributed by atoms with Crippen molar-refractivity contribution in [2.24, 2.45) is 0 Å². The van der Waals surface area contributed by atoms with Gasteiger partial charge in [-0.3, -0.25) is 4.18 Å². The molecular weight excluding hydrogens is 200 g/mol. The van der Waals surface area contributed by atoms with Gasteiger partial charge in [0.05, 0.1) is 12.4 Å². The Morgan fingerprint density at radius 1 is 1.14 bits per heavy atom. The third kappa shape index (κ3) is 8.51. The van der Waals surface area contributed by atoms with E-state index in [1.165, 1.54) is 19.3 Å². The molecule has 3 nitrogen and oxygen atoms in total. The van der Waals surface area contributed by atoms with Crippen LogP contribution in [-0.4, -0.2) is 20.8 Å². The highest BCUT2D eigenvalue weighted by atomic mass is 32.2. The van der Waals surface area contributed by atoms with E-state index in [2.05, 4.69) is 6.92 Å². The van der Waals surface area contributed by atoms with Crippen molar-refractivity contribution in [2.45, 2.75) is 58.5 Å². The number of hydrogen-bond donors (Lipinski definition) is 0. The molecular formula is C10H22O3S. The molecule has 4 heteroatoms. The maximum Gasteiger partial charge on any atom is 0.264 e. The molecule has 0 radical (unpaired) electrons. The highest BCUT2D eigenvalue weighted by molar-refractivity contribution is 7.86. The van der Waals surface area contributed by atoms with Crippen molar-refractivity contribution in [3.63, 3.8) is 0 Å².